The Morgan fingerprint density at radius 2 is 2.17 bits per heavy atom. The van der Waals surface area contributed by atoms with Gasteiger partial charge in [0.1, 0.15) is 5.69 Å². The molecule has 0 saturated carbocycles. The molecule has 0 N–H and O–H groups in total. The van der Waals surface area contributed by atoms with E-state index in [4.69, 9.17) is 0 Å². The van der Waals surface area contributed by atoms with Crippen LogP contribution in [0.25, 0.3) is 0 Å². The van der Waals surface area contributed by atoms with E-state index in [1.165, 1.54) is 6.07 Å². The van der Waals surface area contributed by atoms with Gasteiger partial charge in [0.25, 0.3) is 0 Å². The van der Waals surface area contributed by atoms with Gasteiger partial charge >= 0.3 is 0 Å². The fraction of sp³-hybridized carbons (Fsp3) is 0.333. The minimum absolute atomic E-state index is 0.0956. The minimum Gasteiger partial charge on any atom is -0.296 e. The Morgan fingerprint density at radius 1 is 1.50 bits per heavy atom. The topological polar surface area (TPSA) is 30.0 Å². The molecule has 3 heteroatoms. The zero-order chi connectivity index (χ0) is 9.14. The maximum Gasteiger partial charge on any atom is 0.216 e. The van der Waals surface area contributed by atoms with Gasteiger partial charge in [-0.25, -0.2) is 4.98 Å². The molecule has 0 saturated heterocycles. The molecule has 0 atom stereocenters. The van der Waals surface area contributed by atoms with Gasteiger partial charge in [-0.05, 0) is 12.0 Å². The summed E-state index contributed by atoms with van der Waals surface area (Å²) in [5.41, 5.74) is 0.678. The van der Waals surface area contributed by atoms with Crippen LogP contribution < -0.4 is 0 Å². The largest absolute Gasteiger partial charge is 0.296 e. The first kappa shape index (κ1) is 8.84. The van der Waals surface area contributed by atoms with E-state index in [9.17, 15) is 9.18 Å². The predicted molar refractivity (Wildman–Crippen MR) is 43.7 cm³/mol. The zero-order valence-electron chi connectivity index (χ0n) is 7.04. The van der Waals surface area contributed by atoms with Crippen molar-refractivity contribution in [1.29, 1.82) is 0 Å². The van der Waals surface area contributed by atoms with Crippen LogP contribution in [0.2, 0.25) is 0 Å². The van der Waals surface area contributed by atoms with Crippen molar-refractivity contribution in [2.45, 2.75) is 19.8 Å². The van der Waals surface area contributed by atoms with Crippen LogP contribution >= 0.6 is 0 Å². The number of hydrogen-bond acceptors (Lipinski definition) is 2. The molecule has 0 unspecified atom stereocenters. The maximum absolute atomic E-state index is 13.0. The Labute approximate surface area is 70.4 Å². The van der Waals surface area contributed by atoms with E-state index in [-0.39, 0.29) is 11.6 Å². The van der Waals surface area contributed by atoms with E-state index in [0.717, 1.165) is 0 Å². The third-order valence-corrected chi connectivity index (χ3v) is 1.64. The summed E-state index contributed by atoms with van der Waals surface area (Å²) in [6, 6.07) is 3.11. The lowest BCUT2D eigenvalue weighted by Crippen LogP contribution is -1.98. The number of carbonyl (C=O) groups excluding carboxylic acids is 1. The standard InChI is InChI=1S/C9H10FNO/c1-6(2)8-4-3-7(5-12)11-9(8)10/h3-6H,1-2H3. The van der Waals surface area contributed by atoms with E-state index < -0.39 is 5.95 Å². The maximum atomic E-state index is 13.0. The number of pyridine rings is 1. The minimum atomic E-state index is -0.547. The summed E-state index contributed by atoms with van der Waals surface area (Å²) in [4.78, 5) is 13.7. The summed E-state index contributed by atoms with van der Waals surface area (Å²) >= 11 is 0. The lowest BCUT2D eigenvalue weighted by molar-refractivity contribution is 0.111. The molecule has 0 aliphatic heterocycles. The van der Waals surface area contributed by atoms with Crippen LogP contribution in [-0.2, 0) is 0 Å². The van der Waals surface area contributed by atoms with E-state index in [2.05, 4.69) is 4.98 Å². The van der Waals surface area contributed by atoms with Gasteiger partial charge < -0.3 is 0 Å². The molecule has 2 nitrogen and oxygen atoms in total. The summed E-state index contributed by atoms with van der Waals surface area (Å²) < 4.78 is 13.0. The lowest BCUT2D eigenvalue weighted by Gasteiger charge is -2.04. The van der Waals surface area contributed by atoms with Crippen LogP contribution in [0.1, 0.15) is 35.8 Å². The van der Waals surface area contributed by atoms with Crippen molar-refractivity contribution in [2.24, 2.45) is 0 Å². The molecule has 0 bridgehead atoms. The van der Waals surface area contributed by atoms with Crippen LogP contribution in [-0.4, -0.2) is 11.3 Å². The fourth-order valence-corrected chi connectivity index (χ4v) is 0.955. The van der Waals surface area contributed by atoms with Gasteiger partial charge in [-0.15, -0.1) is 0 Å². The first-order valence-electron chi connectivity index (χ1n) is 3.76. The van der Waals surface area contributed by atoms with Crippen molar-refractivity contribution in [3.63, 3.8) is 0 Å². The van der Waals surface area contributed by atoms with Gasteiger partial charge in [-0.1, -0.05) is 19.9 Å². The summed E-state index contributed by atoms with van der Waals surface area (Å²) in [5.74, 6) is -0.451. The van der Waals surface area contributed by atoms with E-state index >= 15 is 0 Å². The number of aromatic nitrogens is 1. The second-order valence-electron chi connectivity index (χ2n) is 2.89. The van der Waals surface area contributed by atoms with E-state index in [1.54, 1.807) is 6.07 Å². The van der Waals surface area contributed by atoms with Gasteiger partial charge in [0.15, 0.2) is 6.29 Å². The van der Waals surface area contributed by atoms with Crippen LogP contribution in [0.15, 0.2) is 12.1 Å². The average molecular weight is 167 g/mol. The normalized spacial score (nSPS) is 10.3. The molecule has 64 valence electrons. The highest BCUT2D eigenvalue weighted by Crippen LogP contribution is 2.16. The SMILES string of the molecule is CC(C)c1ccc(C=O)nc1F. The highest BCUT2D eigenvalue weighted by Gasteiger charge is 2.07. The van der Waals surface area contributed by atoms with Gasteiger partial charge in [0.05, 0.1) is 0 Å². The quantitative estimate of drug-likeness (QED) is 0.499. The summed E-state index contributed by atoms with van der Waals surface area (Å²) in [5, 5.41) is 0. The Bertz CT molecular complexity index is 297. The molecule has 0 amide bonds. The number of halogens is 1. The Morgan fingerprint density at radius 3 is 2.58 bits per heavy atom. The molecule has 1 rings (SSSR count). The molecule has 0 aromatic carbocycles. The third-order valence-electron chi connectivity index (χ3n) is 1.64. The van der Waals surface area contributed by atoms with Gasteiger partial charge in [-0.2, -0.15) is 4.39 Å². The number of carbonyl (C=O) groups is 1. The molecule has 0 aliphatic carbocycles. The predicted octanol–water partition coefficient (Wildman–Crippen LogP) is 2.16. The number of hydrogen-bond donors (Lipinski definition) is 0. The summed E-state index contributed by atoms with van der Waals surface area (Å²) in [6.45, 7) is 3.75. The van der Waals surface area contributed by atoms with Crippen LogP contribution in [0.5, 0.6) is 0 Å². The van der Waals surface area contributed by atoms with E-state index in [0.29, 0.717) is 11.8 Å². The van der Waals surface area contributed by atoms with Crippen molar-refractivity contribution >= 4 is 6.29 Å². The van der Waals surface area contributed by atoms with Crippen molar-refractivity contribution in [2.75, 3.05) is 0 Å². The molecule has 12 heavy (non-hydrogen) atoms. The second-order valence-corrected chi connectivity index (χ2v) is 2.89. The van der Waals surface area contributed by atoms with Gasteiger partial charge in [0, 0.05) is 5.56 Å². The van der Waals surface area contributed by atoms with Crippen LogP contribution in [0.4, 0.5) is 4.39 Å². The molecule has 1 heterocycles. The third kappa shape index (κ3) is 1.67. The molecule has 0 aliphatic rings. The van der Waals surface area contributed by atoms with Gasteiger partial charge in [-0.3, -0.25) is 4.79 Å². The lowest BCUT2D eigenvalue weighted by atomic mass is 10.1. The number of rotatable bonds is 2. The summed E-state index contributed by atoms with van der Waals surface area (Å²) in [6.07, 6.45) is 0.535. The first-order chi connectivity index (χ1) is 5.65. The monoisotopic (exact) mass is 167 g/mol. The number of nitrogens with zero attached hydrogens (tertiary/aromatic N) is 1. The first-order valence-corrected chi connectivity index (χ1v) is 3.76. The zero-order valence-corrected chi connectivity index (χ0v) is 7.04. The Balaban J connectivity index is 3.11. The summed E-state index contributed by atoms with van der Waals surface area (Å²) in [7, 11) is 0. The molecular weight excluding hydrogens is 157 g/mol. The Kier molecular flexibility index (Phi) is 2.53. The number of aldehydes is 1. The fourth-order valence-electron chi connectivity index (χ4n) is 0.955. The van der Waals surface area contributed by atoms with Crippen LogP contribution in [0.3, 0.4) is 0 Å². The van der Waals surface area contributed by atoms with Gasteiger partial charge in [0.2, 0.25) is 5.95 Å². The highest BCUT2D eigenvalue weighted by molar-refractivity contribution is 5.71. The van der Waals surface area contributed by atoms with Crippen molar-refractivity contribution in [3.8, 4) is 0 Å². The van der Waals surface area contributed by atoms with Crippen LogP contribution in [0, 0.1) is 5.95 Å². The highest BCUT2D eigenvalue weighted by atomic mass is 19.1. The average Bonchev–Trinajstić information content (AvgIpc) is 2.03. The van der Waals surface area contributed by atoms with Crippen molar-refractivity contribution < 1.29 is 9.18 Å². The molecular formula is C9H10FNO. The molecule has 0 radical (unpaired) electrons. The van der Waals surface area contributed by atoms with Crippen molar-refractivity contribution in [3.05, 3.63) is 29.3 Å². The molecule has 1 aromatic rings. The smallest absolute Gasteiger partial charge is 0.216 e. The molecule has 1 aromatic heterocycles. The molecule has 0 spiro atoms. The molecule has 0 fully saturated rings. The van der Waals surface area contributed by atoms with E-state index in [1.807, 2.05) is 13.8 Å². The van der Waals surface area contributed by atoms with Crippen molar-refractivity contribution in [1.82, 2.24) is 4.98 Å². The second kappa shape index (κ2) is 3.43. The Hall–Kier alpha value is -1.25.